The van der Waals surface area contributed by atoms with Crippen LogP contribution in [0.3, 0.4) is 0 Å². The van der Waals surface area contributed by atoms with Crippen LogP contribution in [0.4, 0.5) is 0 Å². The maximum atomic E-state index is 11.2. The number of amides is 1. The quantitative estimate of drug-likeness (QED) is 0.636. The number of carbonyl (C=O) groups is 2. The fourth-order valence-electron chi connectivity index (χ4n) is 1.10. The number of carboxylic acids is 1. The second kappa shape index (κ2) is 7.23. The highest BCUT2D eigenvalue weighted by Crippen LogP contribution is 2.03. The Hall–Kier alpha value is -1.10. The van der Waals surface area contributed by atoms with Gasteiger partial charge in [-0.2, -0.15) is 0 Å². The van der Waals surface area contributed by atoms with Gasteiger partial charge in [0.1, 0.15) is 0 Å². The van der Waals surface area contributed by atoms with Crippen LogP contribution in [0.1, 0.15) is 19.8 Å². The molecule has 0 rings (SSSR count). The topological polar surface area (TPSA) is 69.6 Å². The number of carbonyl (C=O) groups excluding carboxylic acids is 1. The van der Waals surface area contributed by atoms with Gasteiger partial charge < -0.3 is 15.3 Å². The van der Waals surface area contributed by atoms with Crippen LogP contribution >= 0.6 is 0 Å². The lowest BCUT2D eigenvalue weighted by Gasteiger charge is -2.13. The van der Waals surface area contributed by atoms with E-state index in [1.165, 1.54) is 0 Å². The zero-order valence-electron chi connectivity index (χ0n) is 9.62. The minimum Gasteiger partial charge on any atom is -0.481 e. The number of nitrogens with one attached hydrogen (secondary N) is 1. The van der Waals surface area contributed by atoms with Gasteiger partial charge in [-0.15, -0.1) is 0 Å². The summed E-state index contributed by atoms with van der Waals surface area (Å²) in [6, 6.07) is 0. The third kappa shape index (κ3) is 9.21. The molecule has 0 saturated carbocycles. The fraction of sp³-hybridized carbons (Fsp3) is 0.800. The first-order valence-electron chi connectivity index (χ1n) is 5.05. The summed E-state index contributed by atoms with van der Waals surface area (Å²) >= 11 is 0. The van der Waals surface area contributed by atoms with Gasteiger partial charge >= 0.3 is 5.97 Å². The summed E-state index contributed by atoms with van der Waals surface area (Å²) in [6.07, 6.45) is 0.752. The Balaban J connectivity index is 3.57. The molecule has 0 fully saturated rings. The lowest BCUT2D eigenvalue weighted by molar-refractivity contribution is -0.137. The number of hydrogen-bond acceptors (Lipinski definition) is 3. The summed E-state index contributed by atoms with van der Waals surface area (Å²) in [5.41, 5.74) is 0. The maximum absolute atomic E-state index is 11.2. The second-order valence-corrected chi connectivity index (χ2v) is 4.08. The zero-order chi connectivity index (χ0) is 11.8. The Morgan fingerprint density at radius 1 is 1.40 bits per heavy atom. The summed E-state index contributed by atoms with van der Waals surface area (Å²) in [4.78, 5) is 23.3. The normalized spacial score (nSPS) is 12.5. The summed E-state index contributed by atoms with van der Waals surface area (Å²) in [5, 5.41) is 11.2. The van der Waals surface area contributed by atoms with Gasteiger partial charge in [-0.05, 0) is 26.4 Å². The summed E-state index contributed by atoms with van der Waals surface area (Å²) < 4.78 is 0. The molecule has 0 aromatic carbocycles. The summed E-state index contributed by atoms with van der Waals surface area (Å²) in [7, 11) is 3.65. The molecule has 15 heavy (non-hydrogen) atoms. The maximum Gasteiger partial charge on any atom is 0.303 e. The van der Waals surface area contributed by atoms with E-state index < -0.39 is 5.97 Å². The highest BCUT2D eigenvalue weighted by Gasteiger charge is 2.07. The van der Waals surface area contributed by atoms with Crippen LogP contribution in [0.5, 0.6) is 0 Å². The average Bonchev–Trinajstić information content (AvgIpc) is 2.10. The molecule has 0 bridgehead atoms. The van der Waals surface area contributed by atoms with Gasteiger partial charge in [-0.3, -0.25) is 9.59 Å². The molecule has 0 aliphatic rings. The third-order valence-corrected chi connectivity index (χ3v) is 1.96. The minimum absolute atomic E-state index is 0.0258. The van der Waals surface area contributed by atoms with Crippen LogP contribution in [-0.4, -0.2) is 49.1 Å². The average molecular weight is 216 g/mol. The van der Waals surface area contributed by atoms with Crippen molar-refractivity contribution in [2.45, 2.75) is 19.8 Å². The molecule has 0 heterocycles. The van der Waals surface area contributed by atoms with Gasteiger partial charge in [0.2, 0.25) is 5.91 Å². The lowest BCUT2D eigenvalue weighted by Crippen LogP contribution is -2.35. The first-order chi connectivity index (χ1) is 6.91. The number of hydrogen-bond donors (Lipinski definition) is 2. The Bertz CT molecular complexity index is 217. The first-order valence-corrected chi connectivity index (χ1v) is 5.05. The van der Waals surface area contributed by atoms with E-state index >= 15 is 0 Å². The molecule has 1 atom stereocenters. The van der Waals surface area contributed by atoms with Crippen LogP contribution in [0.15, 0.2) is 0 Å². The highest BCUT2D eigenvalue weighted by molar-refractivity contribution is 5.77. The van der Waals surface area contributed by atoms with Gasteiger partial charge in [0.05, 0.1) is 6.54 Å². The van der Waals surface area contributed by atoms with Crippen molar-refractivity contribution in [1.29, 1.82) is 0 Å². The molecule has 0 aliphatic carbocycles. The molecule has 5 nitrogen and oxygen atoms in total. The number of rotatable bonds is 7. The molecule has 1 unspecified atom stereocenters. The third-order valence-electron chi connectivity index (χ3n) is 1.96. The number of carboxylic acid groups (broad SMARTS) is 1. The molecular formula is C10H20N2O3. The van der Waals surface area contributed by atoms with E-state index in [1.54, 1.807) is 4.90 Å². The van der Waals surface area contributed by atoms with E-state index in [-0.39, 0.29) is 18.2 Å². The van der Waals surface area contributed by atoms with Crippen LogP contribution in [0.25, 0.3) is 0 Å². The van der Waals surface area contributed by atoms with Crippen molar-refractivity contribution in [3.05, 3.63) is 0 Å². The molecule has 2 N–H and O–H groups in total. The molecule has 0 radical (unpaired) electrons. The molecule has 0 saturated heterocycles. The second-order valence-electron chi connectivity index (χ2n) is 4.08. The Morgan fingerprint density at radius 2 is 2.00 bits per heavy atom. The smallest absolute Gasteiger partial charge is 0.303 e. The standard InChI is InChI=1S/C10H20N2O3/c1-8(4-5-10(14)15)6-11-9(13)7-12(2)3/h8H,4-7H2,1-3H3,(H,11,13)(H,14,15). The van der Waals surface area contributed by atoms with Crippen molar-refractivity contribution in [1.82, 2.24) is 10.2 Å². The molecule has 0 aromatic rings. The van der Waals surface area contributed by atoms with Gasteiger partial charge in [-0.1, -0.05) is 6.92 Å². The molecular weight excluding hydrogens is 196 g/mol. The molecule has 0 aliphatic heterocycles. The lowest BCUT2D eigenvalue weighted by atomic mass is 10.1. The van der Waals surface area contributed by atoms with E-state index in [0.717, 1.165) is 0 Å². The van der Waals surface area contributed by atoms with Crippen LogP contribution in [0, 0.1) is 5.92 Å². The van der Waals surface area contributed by atoms with Crippen LogP contribution in [0.2, 0.25) is 0 Å². The van der Waals surface area contributed by atoms with E-state index in [9.17, 15) is 9.59 Å². The van der Waals surface area contributed by atoms with Gasteiger partial charge in [-0.25, -0.2) is 0 Å². The first kappa shape index (κ1) is 13.9. The van der Waals surface area contributed by atoms with E-state index in [4.69, 9.17) is 5.11 Å². The van der Waals surface area contributed by atoms with Crippen LogP contribution < -0.4 is 5.32 Å². The summed E-state index contributed by atoms with van der Waals surface area (Å²) in [5.74, 6) is -0.615. The van der Waals surface area contributed by atoms with Crippen molar-refractivity contribution in [3.63, 3.8) is 0 Å². The van der Waals surface area contributed by atoms with Crippen molar-refractivity contribution < 1.29 is 14.7 Å². The summed E-state index contributed by atoms with van der Waals surface area (Å²) in [6.45, 7) is 2.84. The van der Waals surface area contributed by atoms with Crippen LogP contribution in [-0.2, 0) is 9.59 Å². The van der Waals surface area contributed by atoms with Crippen molar-refractivity contribution in [2.24, 2.45) is 5.92 Å². The highest BCUT2D eigenvalue weighted by atomic mass is 16.4. The fourth-order valence-corrected chi connectivity index (χ4v) is 1.10. The van der Waals surface area contributed by atoms with Crippen molar-refractivity contribution in [3.8, 4) is 0 Å². The van der Waals surface area contributed by atoms with Crippen molar-refractivity contribution >= 4 is 11.9 Å². The van der Waals surface area contributed by atoms with E-state index in [1.807, 2.05) is 21.0 Å². The Labute approximate surface area is 90.5 Å². The predicted molar refractivity (Wildman–Crippen MR) is 57.6 cm³/mol. The monoisotopic (exact) mass is 216 g/mol. The van der Waals surface area contributed by atoms with Crippen molar-refractivity contribution in [2.75, 3.05) is 27.2 Å². The number of nitrogens with zero attached hydrogens (tertiary/aromatic N) is 1. The van der Waals surface area contributed by atoms with E-state index in [0.29, 0.717) is 19.5 Å². The Morgan fingerprint density at radius 3 is 2.47 bits per heavy atom. The predicted octanol–water partition coefficient (Wildman–Crippen LogP) is 0.165. The SMILES string of the molecule is CC(CCC(=O)O)CNC(=O)CN(C)C. The van der Waals surface area contributed by atoms with Gasteiger partial charge in [0.25, 0.3) is 0 Å². The molecule has 5 heteroatoms. The molecule has 88 valence electrons. The van der Waals surface area contributed by atoms with E-state index in [2.05, 4.69) is 5.32 Å². The molecule has 0 spiro atoms. The van der Waals surface area contributed by atoms with Gasteiger partial charge in [0, 0.05) is 13.0 Å². The minimum atomic E-state index is -0.790. The largest absolute Gasteiger partial charge is 0.481 e. The zero-order valence-corrected chi connectivity index (χ0v) is 9.62. The number of aliphatic carboxylic acids is 1. The molecule has 0 aromatic heterocycles. The number of likely N-dealkylation sites (N-methyl/N-ethyl adjacent to an activating group) is 1. The molecule has 1 amide bonds. The Kier molecular flexibility index (Phi) is 6.70. The van der Waals surface area contributed by atoms with Gasteiger partial charge in [0.15, 0.2) is 0 Å².